The summed E-state index contributed by atoms with van der Waals surface area (Å²) < 4.78 is 22.5. The lowest BCUT2D eigenvalue weighted by atomic mass is 10.0. The molecule has 0 aliphatic carbocycles. The molecule has 0 saturated heterocycles. The van der Waals surface area contributed by atoms with E-state index in [4.69, 9.17) is 18.6 Å². The summed E-state index contributed by atoms with van der Waals surface area (Å²) in [6.45, 7) is 9.85. The Morgan fingerprint density at radius 1 is 1.12 bits per heavy atom. The van der Waals surface area contributed by atoms with Gasteiger partial charge in [-0.15, -0.1) is 0 Å². The van der Waals surface area contributed by atoms with E-state index in [1.807, 2.05) is 24.3 Å². The summed E-state index contributed by atoms with van der Waals surface area (Å²) in [6, 6.07) is 7.78. The van der Waals surface area contributed by atoms with Crippen LogP contribution in [0.4, 0.5) is 0 Å². The van der Waals surface area contributed by atoms with Crippen LogP contribution in [0.2, 0.25) is 19.6 Å². The Morgan fingerprint density at radius 3 is 2.25 bits per heavy atom. The van der Waals surface area contributed by atoms with Crippen molar-refractivity contribution >= 4 is 14.3 Å². The molecule has 6 heteroatoms. The fraction of sp³-hybridized carbons (Fsp3) is 0.500. The lowest BCUT2D eigenvalue weighted by molar-refractivity contribution is -0.206. The maximum atomic E-state index is 11.7. The van der Waals surface area contributed by atoms with Crippen LogP contribution in [0, 0.1) is 0 Å². The van der Waals surface area contributed by atoms with Crippen molar-refractivity contribution in [3.05, 3.63) is 41.7 Å². The number of cyclic esters (lactones) is 1. The SMILES string of the molecule is COc1ccc(C(CC2=CC(=O)OC(C)(C)O2)O[Si](C)(C)C)cc1. The molecule has 0 spiro atoms. The highest BCUT2D eigenvalue weighted by Crippen LogP contribution is 2.33. The van der Waals surface area contributed by atoms with Gasteiger partial charge in [-0.3, -0.25) is 0 Å². The van der Waals surface area contributed by atoms with Gasteiger partial charge in [-0.05, 0) is 37.3 Å². The zero-order chi connectivity index (χ0) is 18.0. The second-order valence-electron chi connectivity index (χ2n) is 7.23. The molecular weight excluding hydrogens is 324 g/mol. The number of methoxy groups -OCH3 is 1. The van der Waals surface area contributed by atoms with E-state index in [-0.39, 0.29) is 12.1 Å². The molecule has 1 aliphatic rings. The van der Waals surface area contributed by atoms with Crippen LogP contribution < -0.4 is 4.74 Å². The van der Waals surface area contributed by atoms with Gasteiger partial charge < -0.3 is 18.6 Å². The van der Waals surface area contributed by atoms with Gasteiger partial charge in [-0.1, -0.05) is 12.1 Å². The van der Waals surface area contributed by atoms with Crippen LogP contribution in [0.1, 0.15) is 31.9 Å². The lowest BCUT2D eigenvalue weighted by Gasteiger charge is -2.33. The first-order valence-electron chi connectivity index (χ1n) is 8.02. The third-order valence-corrected chi connectivity index (χ3v) is 4.36. The Bertz CT molecular complexity index is 613. The molecule has 1 heterocycles. The molecule has 0 amide bonds. The molecule has 1 aromatic rings. The number of carbonyl (C=O) groups excluding carboxylic acids is 1. The molecular formula is C18H26O5Si. The zero-order valence-corrected chi connectivity index (χ0v) is 16.2. The van der Waals surface area contributed by atoms with Gasteiger partial charge in [0.05, 0.1) is 19.3 Å². The number of esters is 1. The first kappa shape index (κ1) is 18.5. The fourth-order valence-corrected chi connectivity index (χ4v) is 3.60. The number of rotatable bonds is 6. The molecule has 2 rings (SSSR count). The van der Waals surface area contributed by atoms with Crippen molar-refractivity contribution in [1.29, 1.82) is 0 Å². The number of hydrogen-bond acceptors (Lipinski definition) is 5. The first-order chi connectivity index (χ1) is 11.1. The van der Waals surface area contributed by atoms with Crippen LogP contribution in [0.25, 0.3) is 0 Å². The summed E-state index contributed by atoms with van der Waals surface area (Å²) in [5, 5.41) is 0. The Morgan fingerprint density at radius 2 is 1.75 bits per heavy atom. The Kier molecular flexibility index (Phi) is 5.40. The quantitative estimate of drug-likeness (QED) is 0.569. The highest BCUT2D eigenvalue weighted by Gasteiger charge is 2.32. The summed E-state index contributed by atoms with van der Waals surface area (Å²) in [6.07, 6.45) is 1.69. The predicted molar refractivity (Wildman–Crippen MR) is 94.1 cm³/mol. The highest BCUT2D eigenvalue weighted by atomic mass is 28.4. The van der Waals surface area contributed by atoms with Gasteiger partial charge in [0.1, 0.15) is 11.5 Å². The topological polar surface area (TPSA) is 54.0 Å². The van der Waals surface area contributed by atoms with Gasteiger partial charge in [-0.2, -0.15) is 0 Å². The van der Waals surface area contributed by atoms with Gasteiger partial charge in [0.15, 0.2) is 8.32 Å². The lowest BCUT2D eigenvalue weighted by Crippen LogP contribution is -2.35. The monoisotopic (exact) mass is 350 g/mol. The third kappa shape index (κ3) is 5.38. The van der Waals surface area contributed by atoms with E-state index in [1.165, 1.54) is 6.08 Å². The second-order valence-corrected chi connectivity index (χ2v) is 11.7. The Balaban J connectivity index is 2.24. The van der Waals surface area contributed by atoms with Crippen molar-refractivity contribution in [2.75, 3.05) is 7.11 Å². The normalized spacial score (nSPS) is 18.2. The summed E-state index contributed by atoms with van der Waals surface area (Å²) in [7, 11) is -0.154. The molecule has 0 N–H and O–H groups in total. The highest BCUT2D eigenvalue weighted by molar-refractivity contribution is 6.69. The van der Waals surface area contributed by atoms with Gasteiger partial charge in [-0.25, -0.2) is 4.79 Å². The molecule has 5 nitrogen and oxygen atoms in total. The van der Waals surface area contributed by atoms with Crippen LogP contribution in [0.3, 0.4) is 0 Å². The van der Waals surface area contributed by atoms with Crippen molar-refractivity contribution in [1.82, 2.24) is 0 Å². The average Bonchev–Trinajstić information content (AvgIpc) is 2.43. The minimum atomic E-state index is -1.79. The van der Waals surface area contributed by atoms with E-state index in [1.54, 1.807) is 21.0 Å². The van der Waals surface area contributed by atoms with Crippen LogP contribution >= 0.6 is 0 Å². The second kappa shape index (κ2) is 6.99. The van der Waals surface area contributed by atoms with E-state index < -0.39 is 14.1 Å². The molecule has 0 saturated carbocycles. The fourth-order valence-electron chi connectivity index (χ4n) is 2.53. The van der Waals surface area contributed by atoms with Gasteiger partial charge in [0, 0.05) is 20.3 Å². The Labute approximate surface area is 144 Å². The van der Waals surface area contributed by atoms with Crippen LogP contribution in [-0.4, -0.2) is 27.2 Å². The van der Waals surface area contributed by atoms with Crippen molar-refractivity contribution in [3.63, 3.8) is 0 Å². The predicted octanol–water partition coefficient (Wildman–Crippen LogP) is 4.17. The molecule has 0 aromatic heterocycles. The summed E-state index contributed by atoms with van der Waals surface area (Å²) in [5.41, 5.74) is 1.03. The van der Waals surface area contributed by atoms with Gasteiger partial charge in [0.2, 0.25) is 5.79 Å². The number of ether oxygens (including phenoxy) is 3. The van der Waals surface area contributed by atoms with Crippen molar-refractivity contribution < 1.29 is 23.4 Å². The van der Waals surface area contributed by atoms with Crippen molar-refractivity contribution in [2.24, 2.45) is 0 Å². The molecule has 0 radical (unpaired) electrons. The van der Waals surface area contributed by atoms with E-state index >= 15 is 0 Å². The number of carbonyl (C=O) groups is 1. The molecule has 132 valence electrons. The smallest absolute Gasteiger partial charge is 0.337 e. The minimum Gasteiger partial charge on any atom is -0.497 e. The molecule has 1 aromatic carbocycles. The number of hydrogen-bond donors (Lipinski definition) is 0. The van der Waals surface area contributed by atoms with E-state index in [0.717, 1.165) is 11.3 Å². The third-order valence-electron chi connectivity index (χ3n) is 3.37. The van der Waals surface area contributed by atoms with Crippen LogP contribution in [0.15, 0.2) is 36.1 Å². The van der Waals surface area contributed by atoms with E-state index in [2.05, 4.69) is 19.6 Å². The summed E-state index contributed by atoms with van der Waals surface area (Å²) >= 11 is 0. The largest absolute Gasteiger partial charge is 0.497 e. The molecule has 1 atom stereocenters. The molecule has 0 fully saturated rings. The van der Waals surface area contributed by atoms with Gasteiger partial charge in [0.25, 0.3) is 0 Å². The van der Waals surface area contributed by atoms with E-state index in [9.17, 15) is 4.79 Å². The standard InChI is InChI=1S/C18H26O5Si/c1-18(2)21-15(12-17(19)22-18)11-16(23-24(4,5)6)13-7-9-14(20-3)10-8-13/h7-10,12,16H,11H2,1-6H3. The Hall–Kier alpha value is -1.79. The van der Waals surface area contributed by atoms with Crippen LogP contribution in [-0.2, 0) is 18.7 Å². The average molecular weight is 350 g/mol. The van der Waals surface area contributed by atoms with Crippen molar-refractivity contribution in [3.8, 4) is 5.75 Å². The summed E-state index contributed by atoms with van der Waals surface area (Å²) in [4.78, 5) is 11.7. The first-order valence-corrected chi connectivity index (χ1v) is 11.4. The maximum absolute atomic E-state index is 11.7. The van der Waals surface area contributed by atoms with Gasteiger partial charge >= 0.3 is 5.97 Å². The minimum absolute atomic E-state index is 0.185. The summed E-state index contributed by atoms with van der Waals surface area (Å²) in [5.74, 6) is 0.0338. The molecule has 1 unspecified atom stereocenters. The van der Waals surface area contributed by atoms with E-state index in [0.29, 0.717) is 12.2 Å². The maximum Gasteiger partial charge on any atom is 0.337 e. The van der Waals surface area contributed by atoms with Crippen molar-refractivity contribution in [2.45, 2.75) is 51.8 Å². The number of benzene rings is 1. The molecule has 24 heavy (non-hydrogen) atoms. The molecule has 1 aliphatic heterocycles. The van der Waals surface area contributed by atoms with Crippen LogP contribution in [0.5, 0.6) is 5.75 Å². The molecule has 0 bridgehead atoms. The zero-order valence-electron chi connectivity index (χ0n) is 15.2.